The van der Waals surface area contributed by atoms with E-state index < -0.39 is 0 Å². The van der Waals surface area contributed by atoms with Crippen LogP contribution in [0.2, 0.25) is 0 Å². The third-order valence-electron chi connectivity index (χ3n) is 3.79. The molecule has 1 fully saturated rings. The number of nitrogens with two attached hydrogens (primary N) is 1. The van der Waals surface area contributed by atoms with Gasteiger partial charge in [-0.2, -0.15) is 0 Å². The van der Waals surface area contributed by atoms with Crippen LogP contribution in [-0.4, -0.2) is 37.4 Å². The van der Waals surface area contributed by atoms with Gasteiger partial charge in [-0.1, -0.05) is 6.07 Å². The van der Waals surface area contributed by atoms with Gasteiger partial charge in [0.1, 0.15) is 0 Å². The molecule has 4 heteroatoms. The topological polar surface area (TPSA) is 47.7 Å². The van der Waals surface area contributed by atoms with Gasteiger partial charge < -0.3 is 20.1 Å². The van der Waals surface area contributed by atoms with Gasteiger partial charge in [0.15, 0.2) is 11.5 Å². The molecule has 1 aromatic carbocycles. The lowest BCUT2D eigenvalue weighted by Crippen LogP contribution is -2.54. The predicted molar refractivity (Wildman–Crippen MR) is 69.9 cm³/mol. The van der Waals surface area contributed by atoms with E-state index in [1.54, 1.807) is 0 Å². The fourth-order valence-electron chi connectivity index (χ4n) is 3.00. The van der Waals surface area contributed by atoms with Crippen LogP contribution < -0.4 is 15.2 Å². The molecule has 4 nitrogen and oxygen atoms in total. The highest BCUT2D eigenvalue weighted by atomic mass is 16.7. The molecule has 2 aliphatic heterocycles. The van der Waals surface area contributed by atoms with Crippen molar-refractivity contribution in [3.05, 3.63) is 23.8 Å². The quantitative estimate of drug-likeness (QED) is 0.859. The molecular formula is C14H20N2O2. The molecule has 0 radical (unpaired) electrons. The molecule has 0 saturated carbocycles. The minimum absolute atomic E-state index is 0.110. The lowest BCUT2D eigenvalue weighted by molar-refractivity contribution is 0.173. The minimum atomic E-state index is -0.110. The highest BCUT2D eigenvalue weighted by Gasteiger charge is 2.30. The molecule has 1 unspecified atom stereocenters. The number of hydrogen-bond donors (Lipinski definition) is 1. The molecule has 98 valence electrons. The van der Waals surface area contributed by atoms with E-state index in [0.29, 0.717) is 6.79 Å². The molecule has 2 N–H and O–H groups in total. The van der Waals surface area contributed by atoms with E-state index >= 15 is 0 Å². The Bertz CT molecular complexity index is 449. The van der Waals surface area contributed by atoms with Gasteiger partial charge in [0.2, 0.25) is 6.79 Å². The molecule has 3 rings (SSSR count). The maximum Gasteiger partial charge on any atom is 0.231 e. The highest BCUT2D eigenvalue weighted by Crippen LogP contribution is 2.34. The van der Waals surface area contributed by atoms with Crippen LogP contribution in [0.25, 0.3) is 0 Å². The van der Waals surface area contributed by atoms with Crippen LogP contribution in [0.5, 0.6) is 11.5 Å². The SMILES string of the molecule is CN1CCCC(N)(Cc2ccc3c(c2)OCO3)C1. The van der Waals surface area contributed by atoms with E-state index in [4.69, 9.17) is 15.2 Å². The second kappa shape index (κ2) is 4.44. The van der Waals surface area contributed by atoms with Gasteiger partial charge in [-0.3, -0.25) is 0 Å². The van der Waals surface area contributed by atoms with Gasteiger partial charge in [-0.25, -0.2) is 0 Å². The van der Waals surface area contributed by atoms with Crippen molar-refractivity contribution < 1.29 is 9.47 Å². The van der Waals surface area contributed by atoms with Crippen molar-refractivity contribution in [1.82, 2.24) is 4.90 Å². The fourth-order valence-corrected chi connectivity index (χ4v) is 3.00. The summed E-state index contributed by atoms with van der Waals surface area (Å²) in [6.07, 6.45) is 3.16. The second-order valence-corrected chi connectivity index (χ2v) is 5.57. The average molecular weight is 248 g/mol. The summed E-state index contributed by atoms with van der Waals surface area (Å²) in [7, 11) is 2.14. The van der Waals surface area contributed by atoms with E-state index in [0.717, 1.165) is 37.4 Å². The number of piperidine rings is 1. The van der Waals surface area contributed by atoms with Gasteiger partial charge in [0, 0.05) is 12.1 Å². The van der Waals surface area contributed by atoms with Crippen molar-refractivity contribution >= 4 is 0 Å². The Morgan fingerprint density at radius 2 is 2.17 bits per heavy atom. The lowest BCUT2D eigenvalue weighted by atomic mass is 9.84. The largest absolute Gasteiger partial charge is 0.454 e. The summed E-state index contributed by atoms with van der Waals surface area (Å²) in [4.78, 5) is 2.32. The number of rotatable bonds is 2. The average Bonchev–Trinajstić information content (AvgIpc) is 2.75. The monoisotopic (exact) mass is 248 g/mol. The minimum Gasteiger partial charge on any atom is -0.454 e. The third-order valence-corrected chi connectivity index (χ3v) is 3.79. The van der Waals surface area contributed by atoms with Gasteiger partial charge in [-0.15, -0.1) is 0 Å². The van der Waals surface area contributed by atoms with Crippen molar-refractivity contribution in [2.45, 2.75) is 24.8 Å². The molecule has 2 aliphatic rings. The first kappa shape index (κ1) is 11.8. The van der Waals surface area contributed by atoms with Crippen LogP contribution in [-0.2, 0) is 6.42 Å². The molecule has 1 saturated heterocycles. The maximum atomic E-state index is 6.51. The summed E-state index contributed by atoms with van der Waals surface area (Å²) in [6.45, 7) is 2.44. The van der Waals surface area contributed by atoms with Crippen molar-refractivity contribution in [2.24, 2.45) is 5.73 Å². The number of likely N-dealkylation sites (N-methyl/N-ethyl adjacent to an activating group) is 1. The Hall–Kier alpha value is -1.26. The van der Waals surface area contributed by atoms with Crippen molar-refractivity contribution in [1.29, 1.82) is 0 Å². The summed E-state index contributed by atoms with van der Waals surface area (Å²) in [5.41, 5.74) is 7.64. The normalized spacial score (nSPS) is 27.4. The molecule has 18 heavy (non-hydrogen) atoms. The zero-order valence-corrected chi connectivity index (χ0v) is 10.8. The number of nitrogens with zero attached hydrogens (tertiary/aromatic N) is 1. The van der Waals surface area contributed by atoms with Crippen molar-refractivity contribution in [3.8, 4) is 11.5 Å². The van der Waals surface area contributed by atoms with Crippen LogP contribution in [0.4, 0.5) is 0 Å². The van der Waals surface area contributed by atoms with Crippen LogP contribution in [0.1, 0.15) is 18.4 Å². The molecule has 1 atom stereocenters. The van der Waals surface area contributed by atoms with E-state index in [1.165, 1.54) is 12.0 Å². The molecular weight excluding hydrogens is 228 g/mol. The molecule has 1 aromatic rings. The zero-order chi connectivity index (χ0) is 12.6. The zero-order valence-electron chi connectivity index (χ0n) is 10.8. The molecule has 0 amide bonds. The molecule has 0 aromatic heterocycles. The Balaban J connectivity index is 1.75. The smallest absolute Gasteiger partial charge is 0.231 e. The summed E-state index contributed by atoms with van der Waals surface area (Å²) < 4.78 is 10.7. The number of benzene rings is 1. The van der Waals surface area contributed by atoms with Gasteiger partial charge in [0.25, 0.3) is 0 Å². The summed E-state index contributed by atoms with van der Waals surface area (Å²) in [6, 6.07) is 6.13. The van der Waals surface area contributed by atoms with Crippen molar-refractivity contribution in [2.75, 3.05) is 26.9 Å². The van der Waals surface area contributed by atoms with Gasteiger partial charge >= 0.3 is 0 Å². The number of hydrogen-bond acceptors (Lipinski definition) is 4. The van der Waals surface area contributed by atoms with E-state index in [2.05, 4.69) is 24.1 Å². The fraction of sp³-hybridized carbons (Fsp3) is 0.571. The highest BCUT2D eigenvalue weighted by molar-refractivity contribution is 5.44. The Kier molecular flexibility index (Phi) is 2.92. The molecule has 0 aliphatic carbocycles. The Morgan fingerprint density at radius 3 is 3.00 bits per heavy atom. The Labute approximate surface area is 108 Å². The molecule has 0 bridgehead atoms. The second-order valence-electron chi connectivity index (χ2n) is 5.57. The standard InChI is InChI=1S/C14H20N2O2/c1-16-6-2-5-14(15,9-16)8-11-3-4-12-13(7-11)18-10-17-12/h3-4,7H,2,5-6,8-10,15H2,1H3. The molecule has 0 spiro atoms. The van der Waals surface area contributed by atoms with Crippen LogP contribution in [0.15, 0.2) is 18.2 Å². The van der Waals surface area contributed by atoms with Crippen LogP contribution >= 0.6 is 0 Å². The maximum absolute atomic E-state index is 6.51. The number of likely N-dealkylation sites (tertiary alicyclic amines) is 1. The predicted octanol–water partition coefficient (Wildman–Crippen LogP) is 1.38. The lowest BCUT2D eigenvalue weighted by Gasteiger charge is -2.38. The van der Waals surface area contributed by atoms with Crippen molar-refractivity contribution in [3.63, 3.8) is 0 Å². The first-order chi connectivity index (χ1) is 8.65. The van der Waals surface area contributed by atoms with Crippen LogP contribution in [0, 0.1) is 0 Å². The number of fused-ring (bicyclic) bond motifs is 1. The van der Waals surface area contributed by atoms with E-state index in [1.807, 2.05) is 6.07 Å². The van der Waals surface area contributed by atoms with E-state index in [9.17, 15) is 0 Å². The summed E-state index contributed by atoms with van der Waals surface area (Å²) in [5, 5.41) is 0. The van der Waals surface area contributed by atoms with Gasteiger partial charge in [-0.05, 0) is 50.6 Å². The van der Waals surface area contributed by atoms with E-state index in [-0.39, 0.29) is 5.54 Å². The van der Waals surface area contributed by atoms with Crippen LogP contribution in [0.3, 0.4) is 0 Å². The first-order valence-electron chi connectivity index (χ1n) is 6.51. The first-order valence-corrected chi connectivity index (χ1v) is 6.51. The summed E-state index contributed by atoms with van der Waals surface area (Å²) >= 11 is 0. The number of ether oxygens (including phenoxy) is 2. The summed E-state index contributed by atoms with van der Waals surface area (Å²) in [5.74, 6) is 1.69. The Morgan fingerprint density at radius 1 is 1.33 bits per heavy atom. The third kappa shape index (κ3) is 2.31. The van der Waals surface area contributed by atoms with Gasteiger partial charge in [0.05, 0.1) is 0 Å². The molecule has 2 heterocycles.